The maximum Gasteiger partial charge on any atom is 0.245 e. The second-order valence-electron chi connectivity index (χ2n) is 6.05. The summed E-state index contributed by atoms with van der Waals surface area (Å²) in [6.07, 6.45) is 4.68. The highest BCUT2D eigenvalue weighted by molar-refractivity contribution is 6.32. The summed E-state index contributed by atoms with van der Waals surface area (Å²) in [6, 6.07) is 7.85. The van der Waals surface area contributed by atoms with E-state index in [0.717, 1.165) is 37.7 Å². The third-order valence-corrected chi connectivity index (χ3v) is 4.51. The molecule has 0 unspecified atom stereocenters. The van der Waals surface area contributed by atoms with Crippen LogP contribution in [0.25, 0.3) is 11.1 Å². The van der Waals surface area contributed by atoms with Gasteiger partial charge < -0.3 is 26.3 Å². The van der Waals surface area contributed by atoms with Crippen molar-refractivity contribution in [1.82, 2.24) is 4.90 Å². The molecular formula is C20H22ClN3O3. The van der Waals surface area contributed by atoms with Crippen LogP contribution in [0.4, 0.5) is 5.69 Å². The first kappa shape index (κ1) is 20.3. The summed E-state index contributed by atoms with van der Waals surface area (Å²) in [4.78, 5) is 12.6. The highest BCUT2D eigenvalue weighted by Crippen LogP contribution is 2.33. The number of likely N-dealkylation sites (tertiary alicyclic amines) is 1. The standard InChI is InChI=1S/C13H11ClN2O2.C7H11NO/c14-10-3-7(1-2-12(10)17)8-4-11(16)9(6-15)13(18)5-8;1-2-7(9)8-5-3-4-6-8/h1-6,15,17-18H,16H2;2H,1,3-6H2. The van der Waals surface area contributed by atoms with Gasteiger partial charge >= 0.3 is 0 Å². The van der Waals surface area contributed by atoms with Crippen molar-refractivity contribution < 1.29 is 15.0 Å². The number of hydrogen-bond donors (Lipinski definition) is 4. The van der Waals surface area contributed by atoms with Crippen molar-refractivity contribution in [2.75, 3.05) is 18.8 Å². The Morgan fingerprint density at radius 3 is 2.33 bits per heavy atom. The van der Waals surface area contributed by atoms with Crippen LogP contribution < -0.4 is 5.73 Å². The number of phenols is 2. The van der Waals surface area contributed by atoms with E-state index in [9.17, 15) is 15.0 Å². The summed E-state index contributed by atoms with van der Waals surface area (Å²) >= 11 is 5.82. The summed E-state index contributed by atoms with van der Waals surface area (Å²) in [5.41, 5.74) is 7.72. The Morgan fingerprint density at radius 2 is 1.81 bits per heavy atom. The molecule has 5 N–H and O–H groups in total. The van der Waals surface area contributed by atoms with Crippen LogP contribution in [0.1, 0.15) is 18.4 Å². The molecule has 0 saturated carbocycles. The van der Waals surface area contributed by atoms with Gasteiger partial charge in [0.25, 0.3) is 0 Å². The molecule has 2 aromatic carbocycles. The Labute approximate surface area is 163 Å². The number of rotatable bonds is 3. The number of phenolic OH excluding ortho intramolecular Hbond substituents is 2. The number of anilines is 1. The Kier molecular flexibility index (Phi) is 6.85. The molecule has 0 bridgehead atoms. The van der Waals surface area contributed by atoms with E-state index in [2.05, 4.69) is 6.58 Å². The fourth-order valence-electron chi connectivity index (χ4n) is 2.74. The first-order chi connectivity index (χ1) is 12.9. The zero-order valence-corrected chi connectivity index (χ0v) is 15.5. The third-order valence-electron chi connectivity index (χ3n) is 4.21. The van der Waals surface area contributed by atoms with Gasteiger partial charge in [-0.2, -0.15) is 0 Å². The summed E-state index contributed by atoms with van der Waals surface area (Å²) in [5.74, 6) is 0.00502. The van der Waals surface area contributed by atoms with Gasteiger partial charge in [-0.3, -0.25) is 4.79 Å². The van der Waals surface area contributed by atoms with Crippen molar-refractivity contribution >= 4 is 29.4 Å². The summed E-state index contributed by atoms with van der Waals surface area (Å²) < 4.78 is 0. The predicted octanol–water partition coefficient (Wildman–Crippen LogP) is 3.79. The van der Waals surface area contributed by atoms with Crippen LogP contribution in [-0.2, 0) is 4.79 Å². The second kappa shape index (κ2) is 9.09. The molecule has 142 valence electrons. The van der Waals surface area contributed by atoms with E-state index >= 15 is 0 Å². The van der Waals surface area contributed by atoms with Crippen LogP contribution in [0.3, 0.4) is 0 Å². The van der Waals surface area contributed by atoms with E-state index in [0.29, 0.717) is 11.3 Å². The molecule has 1 aliphatic rings. The largest absolute Gasteiger partial charge is 0.507 e. The zero-order chi connectivity index (χ0) is 20.0. The Balaban J connectivity index is 0.000000244. The Morgan fingerprint density at radius 1 is 1.15 bits per heavy atom. The molecule has 1 amide bonds. The summed E-state index contributed by atoms with van der Waals surface area (Å²) in [7, 11) is 0. The lowest BCUT2D eigenvalue weighted by Crippen LogP contribution is -2.25. The van der Waals surface area contributed by atoms with Crippen LogP contribution in [0.2, 0.25) is 5.02 Å². The van der Waals surface area contributed by atoms with E-state index in [1.807, 2.05) is 4.90 Å². The minimum Gasteiger partial charge on any atom is -0.507 e. The molecule has 1 fully saturated rings. The number of carbonyl (C=O) groups excluding carboxylic acids is 1. The van der Waals surface area contributed by atoms with E-state index in [1.54, 1.807) is 18.2 Å². The van der Waals surface area contributed by atoms with Crippen molar-refractivity contribution in [3.05, 3.63) is 53.6 Å². The fraction of sp³-hybridized carbons (Fsp3) is 0.200. The number of nitrogens with two attached hydrogens (primary N) is 1. The molecule has 0 radical (unpaired) electrons. The Hall–Kier alpha value is -2.99. The van der Waals surface area contributed by atoms with Crippen molar-refractivity contribution in [1.29, 1.82) is 5.41 Å². The molecule has 6 nitrogen and oxygen atoms in total. The van der Waals surface area contributed by atoms with E-state index < -0.39 is 0 Å². The lowest BCUT2D eigenvalue weighted by molar-refractivity contribution is -0.124. The predicted molar refractivity (Wildman–Crippen MR) is 109 cm³/mol. The fourth-order valence-corrected chi connectivity index (χ4v) is 2.92. The molecule has 7 heteroatoms. The maximum atomic E-state index is 10.8. The average molecular weight is 388 g/mol. The van der Waals surface area contributed by atoms with Crippen LogP contribution in [0, 0.1) is 5.41 Å². The highest BCUT2D eigenvalue weighted by Gasteiger charge is 2.14. The number of aromatic hydroxyl groups is 2. The molecule has 3 rings (SSSR count). The molecule has 1 heterocycles. The first-order valence-electron chi connectivity index (χ1n) is 8.40. The lowest BCUT2D eigenvalue weighted by atomic mass is 10.0. The van der Waals surface area contributed by atoms with E-state index in [1.165, 1.54) is 18.2 Å². The molecule has 2 aromatic rings. The van der Waals surface area contributed by atoms with Crippen LogP contribution in [-0.4, -0.2) is 40.3 Å². The average Bonchev–Trinajstić information content (AvgIpc) is 3.18. The number of carbonyl (C=O) groups is 1. The number of amides is 1. The molecular weight excluding hydrogens is 366 g/mol. The molecule has 0 atom stereocenters. The van der Waals surface area contributed by atoms with Gasteiger partial charge in [0, 0.05) is 25.0 Å². The third kappa shape index (κ3) is 5.01. The van der Waals surface area contributed by atoms with Crippen LogP contribution >= 0.6 is 11.6 Å². The first-order valence-corrected chi connectivity index (χ1v) is 8.78. The van der Waals surface area contributed by atoms with Gasteiger partial charge in [-0.15, -0.1) is 0 Å². The van der Waals surface area contributed by atoms with E-state index in [-0.39, 0.29) is 28.0 Å². The van der Waals surface area contributed by atoms with Crippen molar-refractivity contribution in [2.45, 2.75) is 12.8 Å². The second-order valence-corrected chi connectivity index (χ2v) is 6.45. The minimum absolute atomic E-state index is 0.00581. The minimum atomic E-state index is -0.0656. The Bertz CT molecular complexity index is 839. The topological polar surface area (TPSA) is 111 Å². The number of hydrogen-bond acceptors (Lipinski definition) is 5. The van der Waals surface area contributed by atoms with Gasteiger partial charge in [-0.05, 0) is 54.3 Å². The van der Waals surface area contributed by atoms with Gasteiger partial charge in [0.05, 0.1) is 10.6 Å². The molecule has 27 heavy (non-hydrogen) atoms. The SMILES string of the molecule is C=CC(=O)N1CCCC1.N=Cc1c(N)cc(-c2ccc(O)c(Cl)c2)cc1O. The van der Waals surface area contributed by atoms with Gasteiger partial charge in [0.2, 0.25) is 5.91 Å². The van der Waals surface area contributed by atoms with E-state index in [4.69, 9.17) is 22.7 Å². The molecule has 1 aliphatic heterocycles. The normalized spacial score (nSPS) is 12.9. The van der Waals surface area contributed by atoms with Gasteiger partial charge in [-0.25, -0.2) is 0 Å². The number of nitrogen functional groups attached to an aromatic ring is 1. The maximum absolute atomic E-state index is 10.8. The molecule has 0 spiro atoms. The molecule has 0 aromatic heterocycles. The summed E-state index contributed by atoms with van der Waals surface area (Å²) in [6.45, 7) is 5.26. The number of nitrogens with zero attached hydrogens (tertiary/aromatic N) is 1. The van der Waals surface area contributed by atoms with Gasteiger partial charge in [0.15, 0.2) is 0 Å². The molecule has 0 aliphatic carbocycles. The quantitative estimate of drug-likeness (QED) is 0.364. The highest BCUT2D eigenvalue weighted by atomic mass is 35.5. The van der Waals surface area contributed by atoms with Gasteiger partial charge in [-0.1, -0.05) is 24.2 Å². The zero-order valence-electron chi connectivity index (χ0n) is 14.8. The van der Waals surface area contributed by atoms with Crippen molar-refractivity contribution in [3.8, 4) is 22.6 Å². The van der Waals surface area contributed by atoms with Crippen molar-refractivity contribution in [2.24, 2.45) is 0 Å². The monoisotopic (exact) mass is 387 g/mol. The number of benzene rings is 2. The molecule has 1 saturated heterocycles. The number of halogens is 1. The van der Waals surface area contributed by atoms with Crippen molar-refractivity contribution in [3.63, 3.8) is 0 Å². The van der Waals surface area contributed by atoms with Crippen LogP contribution in [0.5, 0.6) is 11.5 Å². The summed E-state index contributed by atoms with van der Waals surface area (Å²) in [5, 5.41) is 26.5. The lowest BCUT2D eigenvalue weighted by Gasteiger charge is -2.10. The number of nitrogens with one attached hydrogen (secondary N) is 1. The van der Waals surface area contributed by atoms with Crippen LogP contribution in [0.15, 0.2) is 43.0 Å². The smallest absolute Gasteiger partial charge is 0.245 e. The van der Waals surface area contributed by atoms with Gasteiger partial charge in [0.1, 0.15) is 11.5 Å².